The van der Waals surface area contributed by atoms with Gasteiger partial charge in [0.2, 0.25) is 0 Å². The molecule has 0 spiro atoms. The Labute approximate surface area is 68.9 Å². The molecule has 1 aromatic heterocycles. The van der Waals surface area contributed by atoms with E-state index in [4.69, 9.17) is 0 Å². The Hall–Kier alpha value is -0.420. The molecule has 0 fully saturated rings. The fourth-order valence-corrected chi connectivity index (χ4v) is 2.67. The highest BCUT2D eigenvalue weighted by molar-refractivity contribution is 7.88. The number of rotatable bonds is 2. The average Bonchev–Trinajstić information content (AvgIpc) is 2.31. The summed E-state index contributed by atoms with van der Waals surface area (Å²) in [6.07, 6.45) is 0.544. The zero-order valence-corrected chi connectivity index (χ0v) is 7.51. The fourth-order valence-electron chi connectivity index (χ4n) is 0.798. The van der Waals surface area contributed by atoms with E-state index in [0.717, 1.165) is 11.3 Å². The van der Waals surface area contributed by atoms with Crippen molar-refractivity contribution in [3.63, 3.8) is 0 Å². The summed E-state index contributed by atoms with van der Waals surface area (Å²) in [5.74, 6) is 0. The SMILES string of the molecule is CCc1ccsc1S(=O)(=O)F. The van der Waals surface area contributed by atoms with Gasteiger partial charge >= 0.3 is 10.2 Å². The minimum Gasteiger partial charge on any atom is -0.188 e. The molecule has 0 aliphatic rings. The number of aryl methyl sites for hydroxylation is 1. The lowest BCUT2D eigenvalue weighted by atomic mass is 10.3. The maximum absolute atomic E-state index is 12.4. The maximum atomic E-state index is 12.4. The third-order valence-corrected chi connectivity index (χ3v) is 3.65. The lowest BCUT2D eigenvalue weighted by Crippen LogP contribution is -1.91. The summed E-state index contributed by atoms with van der Waals surface area (Å²) in [4.78, 5) is 0. The summed E-state index contributed by atoms with van der Waals surface area (Å²) in [6, 6.07) is 1.62. The molecule has 0 atom stereocenters. The van der Waals surface area contributed by atoms with Gasteiger partial charge in [-0.1, -0.05) is 10.8 Å². The molecular weight excluding hydrogens is 187 g/mol. The van der Waals surface area contributed by atoms with Crippen LogP contribution >= 0.6 is 11.3 Å². The van der Waals surface area contributed by atoms with Gasteiger partial charge in [-0.15, -0.1) is 11.3 Å². The first-order valence-electron chi connectivity index (χ1n) is 3.06. The molecule has 0 N–H and O–H groups in total. The number of thiophene rings is 1. The molecule has 0 saturated carbocycles. The molecule has 0 aliphatic heterocycles. The second-order valence-corrected chi connectivity index (χ2v) is 4.48. The van der Waals surface area contributed by atoms with Crippen molar-refractivity contribution in [1.29, 1.82) is 0 Å². The summed E-state index contributed by atoms with van der Waals surface area (Å²) in [5, 5.41) is 1.57. The van der Waals surface area contributed by atoms with Crippen LogP contribution in [0.5, 0.6) is 0 Å². The van der Waals surface area contributed by atoms with Gasteiger partial charge in [-0.2, -0.15) is 8.42 Å². The van der Waals surface area contributed by atoms with Crippen molar-refractivity contribution in [2.75, 3.05) is 0 Å². The van der Waals surface area contributed by atoms with Gasteiger partial charge in [-0.05, 0) is 23.4 Å². The van der Waals surface area contributed by atoms with E-state index in [2.05, 4.69) is 0 Å². The van der Waals surface area contributed by atoms with Crippen LogP contribution in [0.25, 0.3) is 0 Å². The summed E-state index contributed by atoms with van der Waals surface area (Å²) in [5.41, 5.74) is 0.553. The van der Waals surface area contributed by atoms with E-state index < -0.39 is 10.2 Å². The summed E-state index contributed by atoms with van der Waals surface area (Å²) in [7, 11) is -4.48. The Balaban J connectivity index is 3.24. The van der Waals surface area contributed by atoms with Crippen LogP contribution in [0, 0.1) is 0 Å². The van der Waals surface area contributed by atoms with Crippen LogP contribution in [0.4, 0.5) is 3.89 Å². The van der Waals surface area contributed by atoms with Gasteiger partial charge in [0.15, 0.2) is 4.21 Å². The molecule has 0 aromatic carbocycles. The highest BCUT2D eigenvalue weighted by Crippen LogP contribution is 2.24. The van der Waals surface area contributed by atoms with Crippen LogP contribution < -0.4 is 0 Å². The van der Waals surface area contributed by atoms with E-state index in [1.807, 2.05) is 0 Å². The van der Waals surface area contributed by atoms with Crippen LogP contribution in [0.3, 0.4) is 0 Å². The second-order valence-electron chi connectivity index (χ2n) is 2.02. The van der Waals surface area contributed by atoms with Crippen molar-refractivity contribution in [2.45, 2.75) is 17.6 Å². The topological polar surface area (TPSA) is 34.1 Å². The molecule has 11 heavy (non-hydrogen) atoms. The summed E-state index contributed by atoms with van der Waals surface area (Å²) in [6.45, 7) is 1.79. The van der Waals surface area contributed by atoms with Gasteiger partial charge in [0, 0.05) is 0 Å². The number of halogens is 1. The van der Waals surface area contributed by atoms with E-state index in [-0.39, 0.29) is 4.21 Å². The molecule has 62 valence electrons. The average molecular weight is 194 g/mol. The Kier molecular flexibility index (Phi) is 2.29. The van der Waals surface area contributed by atoms with Crippen molar-refractivity contribution in [1.82, 2.24) is 0 Å². The Morgan fingerprint density at radius 2 is 2.27 bits per heavy atom. The smallest absolute Gasteiger partial charge is 0.188 e. The van der Waals surface area contributed by atoms with Gasteiger partial charge in [0.1, 0.15) is 0 Å². The normalized spacial score (nSPS) is 11.8. The molecule has 0 saturated heterocycles. The Morgan fingerprint density at radius 3 is 2.64 bits per heavy atom. The predicted molar refractivity (Wildman–Crippen MR) is 42.0 cm³/mol. The van der Waals surface area contributed by atoms with E-state index in [1.165, 1.54) is 0 Å². The van der Waals surface area contributed by atoms with Crippen LogP contribution in [0.2, 0.25) is 0 Å². The molecule has 0 aliphatic carbocycles. The minimum absolute atomic E-state index is 0.153. The van der Waals surface area contributed by atoms with Gasteiger partial charge in [0.05, 0.1) is 0 Å². The third-order valence-electron chi connectivity index (χ3n) is 1.31. The van der Waals surface area contributed by atoms with E-state index in [0.29, 0.717) is 12.0 Å². The number of hydrogen-bond donors (Lipinski definition) is 0. The third kappa shape index (κ3) is 1.78. The lowest BCUT2D eigenvalue weighted by molar-refractivity contribution is 0.553. The first-order chi connectivity index (χ1) is 5.05. The van der Waals surface area contributed by atoms with Gasteiger partial charge in [-0.3, -0.25) is 0 Å². The Morgan fingerprint density at radius 1 is 1.64 bits per heavy atom. The summed E-state index contributed by atoms with van der Waals surface area (Å²) < 4.78 is 33.1. The van der Waals surface area contributed by atoms with Crippen LogP contribution in [-0.4, -0.2) is 8.42 Å². The van der Waals surface area contributed by atoms with Crippen molar-refractivity contribution < 1.29 is 12.3 Å². The molecule has 0 bridgehead atoms. The predicted octanol–water partition coefficient (Wildman–Crippen LogP) is 1.97. The van der Waals surface area contributed by atoms with Crippen LogP contribution in [-0.2, 0) is 16.6 Å². The first kappa shape index (κ1) is 8.67. The number of hydrogen-bond acceptors (Lipinski definition) is 3. The Bertz CT molecular complexity index is 339. The molecule has 0 radical (unpaired) electrons. The molecule has 1 rings (SSSR count). The molecule has 5 heteroatoms. The molecule has 0 amide bonds. The summed E-state index contributed by atoms with van der Waals surface area (Å²) >= 11 is 0.918. The second kappa shape index (κ2) is 2.91. The van der Waals surface area contributed by atoms with E-state index in [9.17, 15) is 12.3 Å². The van der Waals surface area contributed by atoms with Crippen molar-refractivity contribution in [2.24, 2.45) is 0 Å². The van der Waals surface area contributed by atoms with Crippen molar-refractivity contribution in [3.05, 3.63) is 17.0 Å². The largest absolute Gasteiger partial charge is 0.341 e. The quantitative estimate of drug-likeness (QED) is 0.674. The van der Waals surface area contributed by atoms with Crippen molar-refractivity contribution in [3.8, 4) is 0 Å². The highest BCUT2D eigenvalue weighted by atomic mass is 32.3. The van der Waals surface area contributed by atoms with Crippen LogP contribution in [0.15, 0.2) is 15.7 Å². The van der Waals surface area contributed by atoms with E-state index in [1.54, 1.807) is 18.4 Å². The zero-order valence-electron chi connectivity index (χ0n) is 5.87. The lowest BCUT2D eigenvalue weighted by Gasteiger charge is -1.92. The van der Waals surface area contributed by atoms with Gasteiger partial charge < -0.3 is 0 Å². The molecule has 1 aromatic rings. The first-order valence-corrected chi connectivity index (χ1v) is 5.33. The zero-order chi connectivity index (χ0) is 8.48. The fraction of sp³-hybridized carbons (Fsp3) is 0.333. The monoisotopic (exact) mass is 194 g/mol. The minimum atomic E-state index is -4.48. The molecule has 1 heterocycles. The molecule has 2 nitrogen and oxygen atoms in total. The maximum Gasteiger partial charge on any atom is 0.341 e. The molecule has 0 unspecified atom stereocenters. The molecular formula is C6H7FO2S2. The standard InChI is InChI=1S/C6H7FO2S2/c1-2-5-3-4-10-6(5)11(7,8)9/h3-4H,2H2,1H3. The van der Waals surface area contributed by atoms with Gasteiger partial charge in [0.25, 0.3) is 0 Å². The van der Waals surface area contributed by atoms with E-state index >= 15 is 0 Å². The van der Waals surface area contributed by atoms with Crippen molar-refractivity contribution >= 4 is 21.6 Å². The van der Waals surface area contributed by atoms with Crippen LogP contribution in [0.1, 0.15) is 12.5 Å². The highest BCUT2D eigenvalue weighted by Gasteiger charge is 2.17. The van der Waals surface area contributed by atoms with Gasteiger partial charge in [-0.25, -0.2) is 0 Å².